The predicted molar refractivity (Wildman–Crippen MR) is 61.4 cm³/mol. The topological polar surface area (TPSA) is 98.9 Å². The zero-order valence-corrected chi connectivity index (χ0v) is 9.74. The van der Waals surface area contributed by atoms with Gasteiger partial charge in [0.05, 0.1) is 11.0 Å². The van der Waals surface area contributed by atoms with Crippen molar-refractivity contribution in [2.75, 3.05) is 6.61 Å². The van der Waals surface area contributed by atoms with Crippen LogP contribution in [0.25, 0.3) is 0 Å². The van der Waals surface area contributed by atoms with Crippen LogP contribution in [-0.4, -0.2) is 28.9 Å². The summed E-state index contributed by atoms with van der Waals surface area (Å²) >= 11 is 0. The molecule has 7 heteroatoms. The molecule has 1 unspecified atom stereocenters. The highest BCUT2D eigenvalue weighted by Gasteiger charge is 2.10. The third-order valence-electron chi connectivity index (χ3n) is 2.11. The molecule has 0 saturated carbocycles. The van der Waals surface area contributed by atoms with Gasteiger partial charge in [-0.25, -0.2) is 4.79 Å². The molecule has 0 fully saturated rings. The molecule has 1 aromatic carbocycles. The number of nitro benzene ring substituents is 1. The molecule has 1 N–H and O–H groups in total. The third-order valence-corrected chi connectivity index (χ3v) is 2.11. The minimum atomic E-state index is -0.962. The van der Waals surface area contributed by atoms with Crippen LogP contribution in [0.4, 0.5) is 10.5 Å². The van der Waals surface area contributed by atoms with Crippen molar-refractivity contribution in [1.29, 1.82) is 0 Å². The molecule has 1 atom stereocenters. The Morgan fingerprint density at radius 2 is 2.06 bits per heavy atom. The van der Waals surface area contributed by atoms with Crippen molar-refractivity contribution in [2.45, 2.75) is 19.4 Å². The van der Waals surface area contributed by atoms with E-state index in [1.807, 2.05) is 0 Å². The summed E-state index contributed by atoms with van der Waals surface area (Å²) in [6.07, 6.45) is -1.23. The van der Waals surface area contributed by atoms with E-state index < -0.39 is 17.2 Å². The number of aliphatic hydroxyl groups excluding tert-OH is 1. The Kier molecular flexibility index (Phi) is 5.06. The average molecular weight is 255 g/mol. The van der Waals surface area contributed by atoms with Gasteiger partial charge < -0.3 is 14.6 Å². The molecule has 18 heavy (non-hydrogen) atoms. The number of nitrogens with zero attached hydrogens (tertiary/aromatic N) is 1. The van der Waals surface area contributed by atoms with E-state index in [0.29, 0.717) is 6.42 Å². The van der Waals surface area contributed by atoms with Gasteiger partial charge in [-0.2, -0.15) is 0 Å². The van der Waals surface area contributed by atoms with Gasteiger partial charge >= 0.3 is 6.16 Å². The summed E-state index contributed by atoms with van der Waals surface area (Å²) in [5.74, 6) is 0.136. The second-order valence-electron chi connectivity index (χ2n) is 3.48. The van der Waals surface area contributed by atoms with Crippen molar-refractivity contribution in [2.24, 2.45) is 0 Å². The fourth-order valence-corrected chi connectivity index (χ4v) is 1.04. The summed E-state index contributed by atoms with van der Waals surface area (Å²) in [7, 11) is 0. The number of non-ortho nitro benzene ring substituents is 1. The summed E-state index contributed by atoms with van der Waals surface area (Å²) in [5.41, 5.74) is -0.0999. The number of hydrogen-bond donors (Lipinski definition) is 1. The maximum Gasteiger partial charge on any atom is 0.513 e. The van der Waals surface area contributed by atoms with Crippen LogP contribution >= 0.6 is 0 Å². The first-order valence-electron chi connectivity index (χ1n) is 5.30. The minimum Gasteiger partial charge on any atom is -0.431 e. The summed E-state index contributed by atoms with van der Waals surface area (Å²) in [4.78, 5) is 21.0. The summed E-state index contributed by atoms with van der Waals surface area (Å²) < 4.78 is 9.38. The monoisotopic (exact) mass is 255 g/mol. The number of carbonyl (C=O) groups is 1. The van der Waals surface area contributed by atoms with Crippen molar-refractivity contribution >= 4 is 11.8 Å². The van der Waals surface area contributed by atoms with E-state index in [9.17, 15) is 14.9 Å². The quantitative estimate of drug-likeness (QED) is 0.373. The molecule has 98 valence electrons. The van der Waals surface area contributed by atoms with Gasteiger partial charge in [0.1, 0.15) is 12.4 Å². The summed E-state index contributed by atoms with van der Waals surface area (Å²) in [5, 5.41) is 19.6. The first-order valence-corrected chi connectivity index (χ1v) is 5.30. The third kappa shape index (κ3) is 4.38. The Morgan fingerprint density at radius 1 is 1.44 bits per heavy atom. The standard InChI is InChI=1S/C11H13NO6/c1-2-9(13)7-17-11(14)18-10-5-3-8(4-6-10)12(15)16/h3-6,9,13H,2,7H2,1H3. The molecule has 0 aromatic heterocycles. The number of benzene rings is 1. The molecule has 0 aliphatic rings. The largest absolute Gasteiger partial charge is 0.513 e. The highest BCUT2D eigenvalue weighted by molar-refractivity contribution is 5.64. The Balaban J connectivity index is 2.47. The summed E-state index contributed by atoms with van der Waals surface area (Å²) in [6.45, 7) is 1.60. The molecule has 7 nitrogen and oxygen atoms in total. The van der Waals surface area contributed by atoms with Crippen molar-refractivity contribution < 1.29 is 24.3 Å². The number of ether oxygens (including phenoxy) is 2. The molecule has 0 radical (unpaired) electrons. The van der Waals surface area contributed by atoms with Crippen LogP contribution < -0.4 is 4.74 Å². The van der Waals surface area contributed by atoms with E-state index in [0.717, 1.165) is 0 Å². The molecule has 0 heterocycles. The van der Waals surface area contributed by atoms with E-state index in [1.165, 1.54) is 24.3 Å². The SMILES string of the molecule is CCC(O)COC(=O)Oc1ccc([N+](=O)[O-])cc1. The fourth-order valence-electron chi connectivity index (χ4n) is 1.04. The summed E-state index contributed by atoms with van der Waals surface area (Å²) in [6, 6.07) is 5.00. The number of rotatable bonds is 5. The van der Waals surface area contributed by atoms with Crippen molar-refractivity contribution in [3.63, 3.8) is 0 Å². The van der Waals surface area contributed by atoms with Gasteiger partial charge in [0.25, 0.3) is 5.69 Å². The molecule has 1 aromatic rings. The van der Waals surface area contributed by atoms with Crippen LogP contribution in [0.1, 0.15) is 13.3 Å². The lowest BCUT2D eigenvalue weighted by molar-refractivity contribution is -0.384. The lowest BCUT2D eigenvalue weighted by atomic mass is 10.3. The lowest BCUT2D eigenvalue weighted by Crippen LogP contribution is -2.19. The van der Waals surface area contributed by atoms with Gasteiger partial charge in [0.15, 0.2) is 0 Å². The van der Waals surface area contributed by atoms with Gasteiger partial charge in [-0.05, 0) is 18.6 Å². The molecule has 0 saturated heterocycles. The maximum absolute atomic E-state index is 11.2. The smallest absolute Gasteiger partial charge is 0.431 e. The van der Waals surface area contributed by atoms with Crippen molar-refractivity contribution in [3.8, 4) is 5.75 Å². The molecular formula is C11H13NO6. The highest BCUT2D eigenvalue weighted by atomic mass is 16.7. The molecule has 0 spiro atoms. The normalized spacial score (nSPS) is 11.7. The van der Waals surface area contributed by atoms with Crippen LogP contribution in [0.5, 0.6) is 5.75 Å². The number of carbonyl (C=O) groups excluding carboxylic acids is 1. The number of nitro groups is 1. The zero-order valence-electron chi connectivity index (χ0n) is 9.74. The van der Waals surface area contributed by atoms with E-state index >= 15 is 0 Å². The minimum absolute atomic E-state index is 0.0999. The van der Waals surface area contributed by atoms with Gasteiger partial charge in [-0.1, -0.05) is 6.92 Å². The fraction of sp³-hybridized carbons (Fsp3) is 0.364. The maximum atomic E-state index is 11.2. The van der Waals surface area contributed by atoms with E-state index in [2.05, 4.69) is 4.74 Å². The Bertz CT molecular complexity index is 416. The van der Waals surface area contributed by atoms with E-state index in [1.54, 1.807) is 6.92 Å². The van der Waals surface area contributed by atoms with Crippen LogP contribution in [0.2, 0.25) is 0 Å². The van der Waals surface area contributed by atoms with Gasteiger partial charge in [-0.15, -0.1) is 0 Å². The second kappa shape index (κ2) is 6.55. The Hall–Kier alpha value is -2.15. The van der Waals surface area contributed by atoms with E-state index in [-0.39, 0.29) is 18.0 Å². The molecule has 0 amide bonds. The molecule has 1 rings (SSSR count). The Labute approximate surface area is 103 Å². The van der Waals surface area contributed by atoms with E-state index in [4.69, 9.17) is 9.84 Å². The van der Waals surface area contributed by atoms with Crippen LogP contribution in [-0.2, 0) is 4.74 Å². The number of hydrogen-bond acceptors (Lipinski definition) is 6. The molecule has 0 bridgehead atoms. The van der Waals surface area contributed by atoms with Gasteiger partial charge in [0.2, 0.25) is 0 Å². The van der Waals surface area contributed by atoms with Crippen molar-refractivity contribution in [3.05, 3.63) is 34.4 Å². The Morgan fingerprint density at radius 3 is 2.56 bits per heavy atom. The predicted octanol–water partition coefficient (Wildman–Crippen LogP) is 1.88. The van der Waals surface area contributed by atoms with Crippen LogP contribution in [0.15, 0.2) is 24.3 Å². The second-order valence-corrected chi connectivity index (χ2v) is 3.48. The first-order chi connectivity index (χ1) is 8.52. The van der Waals surface area contributed by atoms with Gasteiger partial charge in [0, 0.05) is 12.1 Å². The van der Waals surface area contributed by atoms with Crippen LogP contribution in [0, 0.1) is 10.1 Å². The zero-order chi connectivity index (χ0) is 13.5. The van der Waals surface area contributed by atoms with Crippen LogP contribution in [0.3, 0.4) is 0 Å². The average Bonchev–Trinajstić information content (AvgIpc) is 2.36. The highest BCUT2D eigenvalue weighted by Crippen LogP contribution is 2.17. The van der Waals surface area contributed by atoms with Crippen molar-refractivity contribution in [1.82, 2.24) is 0 Å². The molecular weight excluding hydrogens is 242 g/mol. The molecule has 0 aliphatic heterocycles. The lowest BCUT2D eigenvalue weighted by Gasteiger charge is -2.08. The number of aliphatic hydroxyl groups is 1. The molecule has 0 aliphatic carbocycles. The first kappa shape index (κ1) is 13.9. The van der Waals surface area contributed by atoms with Gasteiger partial charge in [-0.3, -0.25) is 10.1 Å².